The summed E-state index contributed by atoms with van der Waals surface area (Å²) < 4.78 is 1.72. The van der Waals surface area contributed by atoms with Crippen LogP contribution in [0.1, 0.15) is 43.6 Å². The van der Waals surface area contributed by atoms with Crippen LogP contribution in [0.3, 0.4) is 0 Å². The van der Waals surface area contributed by atoms with E-state index in [2.05, 4.69) is 10.4 Å². The lowest BCUT2D eigenvalue weighted by molar-refractivity contribution is -0.146. The molecular formula is C13H21N3O3. The summed E-state index contributed by atoms with van der Waals surface area (Å²) in [6.07, 6.45) is 0. The lowest BCUT2D eigenvalue weighted by Crippen LogP contribution is -2.50. The monoisotopic (exact) mass is 267 g/mol. The highest BCUT2D eigenvalue weighted by atomic mass is 16.4. The Balaban J connectivity index is 2.98. The van der Waals surface area contributed by atoms with E-state index in [1.807, 2.05) is 20.9 Å². The Morgan fingerprint density at radius 3 is 2.26 bits per heavy atom. The minimum absolute atomic E-state index is 0.313. The third kappa shape index (κ3) is 2.94. The van der Waals surface area contributed by atoms with Gasteiger partial charge in [-0.15, -0.1) is 0 Å². The maximum absolute atomic E-state index is 12.2. The number of nitrogens with one attached hydrogen (secondary N) is 1. The Kier molecular flexibility index (Phi) is 4.03. The predicted molar refractivity (Wildman–Crippen MR) is 71.0 cm³/mol. The van der Waals surface area contributed by atoms with Gasteiger partial charge in [0, 0.05) is 18.3 Å². The molecule has 0 radical (unpaired) electrons. The maximum atomic E-state index is 12.2. The number of aliphatic carboxylic acids is 1. The van der Waals surface area contributed by atoms with Crippen LogP contribution in [0.5, 0.6) is 0 Å². The summed E-state index contributed by atoms with van der Waals surface area (Å²) in [5.74, 6) is -1.81. The van der Waals surface area contributed by atoms with Crippen molar-refractivity contribution in [2.45, 2.75) is 46.1 Å². The van der Waals surface area contributed by atoms with E-state index in [0.29, 0.717) is 0 Å². The van der Waals surface area contributed by atoms with Gasteiger partial charge >= 0.3 is 5.97 Å². The molecule has 0 saturated heterocycles. The van der Waals surface area contributed by atoms with Crippen molar-refractivity contribution in [1.29, 1.82) is 0 Å². The van der Waals surface area contributed by atoms with Gasteiger partial charge in [0.1, 0.15) is 5.54 Å². The van der Waals surface area contributed by atoms with Gasteiger partial charge in [0.15, 0.2) is 0 Å². The van der Waals surface area contributed by atoms with Crippen molar-refractivity contribution >= 4 is 11.9 Å². The molecule has 1 amide bonds. The molecule has 1 rings (SSSR count). The predicted octanol–water partition coefficient (Wildman–Crippen LogP) is 1.12. The zero-order chi connectivity index (χ0) is 15.0. The highest BCUT2D eigenvalue weighted by Crippen LogP contribution is 2.23. The van der Waals surface area contributed by atoms with E-state index in [9.17, 15) is 9.59 Å². The van der Waals surface area contributed by atoms with Crippen molar-refractivity contribution in [2.24, 2.45) is 7.05 Å². The van der Waals surface area contributed by atoms with Crippen LogP contribution < -0.4 is 5.32 Å². The molecule has 1 atom stereocenters. The van der Waals surface area contributed by atoms with E-state index in [1.54, 1.807) is 11.6 Å². The number of carboxylic acid groups (broad SMARTS) is 1. The smallest absolute Gasteiger partial charge is 0.328 e. The van der Waals surface area contributed by atoms with Gasteiger partial charge in [-0.05, 0) is 34.6 Å². The minimum atomic E-state index is -1.28. The average molecular weight is 267 g/mol. The molecule has 0 bridgehead atoms. The molecule has 6 heteroatoms. The second-order valence-corrected chi connectivity index (χ2v) is 5.35. The van der Waals surface area contributed by atoms with Crippen LogP contribution in [0.25, 0.3) is 0 Å². The number of hydrogen-bond donors (Lipinski definition) is 2. The first-order valence-corrected chi connectivity index (χ1v) is 6.13. The van der Waals surface area contributed by atoms with E-state index in [1.165, 1.54) is 13.8 Å². The van der Waals surface area contributed by atoms with Gasteiger partial charge in [0.05, 0.1) is 11.6 Å². The molecule has 0 aliphatic carbocycles. The third-order valence-corrected chi connectivity index (χ3v) is 3.36. The SMILES string of the molecule is Cc1nn(C)c(C)c1C(C)C(=O)NC(C)(C)C(=O)O. The Morgan fingerprint density at radius 2 is 1.89 bits per heavy atom. The maximum Gasteiger partial charge on any atom is 0.328 e. The number of aryl methyl sites for hydroxylation is 2. The lowest BCUT2D eigenvalue weighted by Gasteiger charge is -2.23. The number of carboxylic acids is 1. The number of carbonyl (C=O) groups excluding carboxylic acids is 1. The molecule has 1 aromatic heterocycles. The molecule has 0 aliphatic heterocycles. The van der Waals surface area contributed by atoms with E-state index >= 15 is 0 Å². The molecule has 2 N–H and O–H groups in total. The average Bonchev–Trinajstić information content (AvgIpc) is 2.51. The molecule has 0 fully saturated rings. The number of rotatable bonds is 4. The van der Waals surface area contributed by atoms with Crippen LogP contribution in [0.2, 0.25) is 0 Å². The molecule has 1 aromatic rings. The second kappa shape index (κ2) is 5.03. The summed E-state index contributed by atoms with van der Waals surface area (Å²) in [7, 11) is 1.82. The van der Waals surface area contributed by atoms with E-state index in [-0.39, 0.29) is 5.91 Å². The molecule has 0 aliphatic rings. The topological polar surface area (TPSA) is 84.2 Å². The molecule has 0 aromatic carbocycles. The third-order valence-electron chi connectivity index (χ3n) is 3.36. The lowest BCUT2D eigenvalue weighted by atomic mass is 9.96. The Labute approximate surface area is 112 Å². The van der Waals surface area contributed by atoms with Gasteiger partial charge in [0.2, 0.25) is 5.91 Å². The molecule has 0 saturated carbocycles. The zero-order valence-electron chi connectivity index (χ0n) is 12.2. The Morgan fingerprint density at radius 1 is 1.37 bits per heavy atom. The Bertz CT molecular complexity index is 517. The van der Waals surface area contributed by atoms with Gasteiger partial charge in [-0.3, -0.25) is 9.48 Å². The highest BCUT2D eigenvalue weighted by molar-refractivity contribution is 5.90. The highest BCUT2D eigenvalue weighted by Gasteiger charge is 2.32. The molecule has 19 heavy (non-hydrogen) atoms. The van der Waals surface area contributed by atoms with Crippen molar-refractivity contribution in [2.75, 3.05) is 0 Å². The summed E-state index contributed by atoms with van der Waals surface area (Å²) in [5.41, 5.74) is 1.26. The number of hydrogen-bond acceptors (Lipinski definition) is 3. The van der Waals surface area contributed by atoms with Crippen LogP contribution in [0.15, 0.2) is 0 Å². The summed E-state index contributed by atoms with van der Waals surface area (Å²) in [6, 6.07) is 0. The summed E-state index contributed by atoms with van der Waals surface area (Å²) >= 11 is 0. The molecule has 1 heterocycles. The number of carbonyl (C=O) groups is 2. The summed E-state index contributed by atoms with van der Waals surface area (Å²) in [4.78, 5) is 23.2. The molecule has 1 unspecified atom stereocenters. The van der Waals surface area contributed by atoms with Crippen molar-refractivity contribution in [3.8, 4) is 0 Å². The fourth-order valence-electron chi connectivity index (χ4n) is 2.02. The quantitative estimate of drug-likeness (QED) is 0.856. The van der Waals surface area contributed by atoms with Crippen molar-refractivity contribution in [1.82, 2.24) is 15.1 Å². The summed E-state index contributed by atoms with van der Waals surface area (Å²) in [5, 5.41) is 15.8. The van der Waals surface area contributed by atoms with Gasteiger partial charge in [0.25, 0.3) is 0 Å². The first-order chi connectivity index (χ1) is 8.58. The number of amides is 1. The normalized spacial score (nSPS) is 13.2. The van der Waals surface area contributed by atoms with Gasteiger partial charge < -0.3 is 10.4 Å². The van der Waals surface area contributed by atoms with Gasteiger partial charge in [-0.2, -0.15) is 5.10 Å². The van der Waals surface area contributed by atoms with Crippen LogP contribution in [0, 0.1) is 13.8 Å². The second-order valence-electron chi connectivity index (χ2n) is 5.35. The number of aromatic nitrogens is 2. The van der Waals surface area contributed by atoms with Gasteiger partial charge in [-0.25, -0.2) is 4.79 Å². The molecule has 0 spiro atoms. The van der Waals surface area contributed by atoms with Crippen molar-refractivity contribution in [3.63, 3.8) is 0 Å². The van der Waals surface area contributed by atoms with E-state index < -0.39 is 17.4 Å². The molecular weight excluding hydrogens is 246 g/mol. The van der Waals surface area contributed by atoms with Crippen LogP contribution in [-0.2, 0) is 16.6 Å². The van der Waals surface area contributed by atoms with Gasteiger partial charge in [-0.1, -0.05) is 0 Å². The minimum Gasteiger partial charge on any atom is -0.480 e. The first kappa shape index (κ1) is 15.2. The molecule has 106 valence electrons. The Hall–Kier alpha value is -1.85. The zero-order valence-corrected chi connectivity index (χ0v) is 12.2. The largest absolute Gasteiger partial charge is 0.480 e. The van der Waals surface area contributed by atoms with Crippen LogP contribution in [-0.4, -0.2) is 32.3 Å². The first-order valence-electron chi connectivity index (χ1n) is 6.13. The van der Waals surface area contributed by atoms with E-state index in [0.717, 1.165) is 17.0 Å². The molecule has 6 nitrogen and oxygen atoms in total. The standard InChI is InChI=1S/C13H21N3O3/c1-7(10-8(2)15-16(6)9(10)3)11(17)14-13(4,5)12(18)19/h7H,1-6H3,(H,14,17)(H,18,19). The van der Waals surface area contributed by atoms with Crippen LogP contribution in [0.4, 0.5) is 0 Å². The van der Waals surface area contributed by atoms with Crippen molar-refractivity contribution < 1.29 is 14.7 Å². The van der Waals surface area contributed by atoms with Crippen molar-refractivity contribution in [3.05, 3.63) is 17.0 Å². The van der Waals surface area contributed by atoms with Crippen LogP contribution >= 0.6 is 0 Å². The number of nitrogens with zero attached hydrogens (tertiary/aromatic N) is 2. The van der Waals surface area contributed by atoms with E-state index in [4.69, 9.17) is 5.11 Å². The fourth-order valence-corrected chi connectivity index (χ4v) is 2.02. The fraction of sp³-hybridized carbons (Fsp3) is 0.615. The summed E-state index contributed by atoms with van der Waals surface area (Å²) in [6.45, 7) is 8.41.